The van der Waals surface area contributed by atoms with Crippen molar-refractivity contribution in [2.45, 2.75) is 58.5 Å². The van der Waals surface area contributed by atoms with Gasteiger partial charge >= 0.3 is 0 Å². The van der Waals surface area contributed by atoms with Gasteiger partial charge in [-0.2, -0.15) is 0 Å². The Morgan fingerprint density at radius 3 is 2.79 bits per heavy atom. The van der Waals surface area contributed by atoms with Crippen LogP contribution in [0.15, 0.2) is 23.2 Å². The number of aryl methyl sites for hydroxylation is 1. The molecule has 0 fully saturated rings. The van der Waals surface area contributed by atoms with Crippen molar-refractivity contribution in [3.63, 3.8) is 0 Å². The van der Waals surface area contributed by atoms with E-state index in [4.69, 9.17) is 11.6 Å². The molecular formula is C20H29ClFIN6. The van der Waals surface area contributed by atoms with Crippen molar-refractivity contribution in [2.24, 2.45) is 4.99 Å². The molecule has 1 aliphatic rings. The number of rotatable bonds is 6. The number of nitrogens with one attached hydrogen (secondary N) is 2. The first kappa shape index (κ1) is 23.9. The Morgan fingerprint density at radius 2 is 2.07 bits per heavy atom. The lowest BCUT2D eigenvalue weighted by Gasteiger charge is -2.27. The smallest absolute Gasteiger partial charge is 0.191 e. The molecule has 0 radical (unpaired) electrons. The van der Waals surface area contributed by atoms with Crippen LogP contribution in [0.5, 0.6) is 0 Å². The third-order valence-corrected chi connectivity index (χ3v) is 5.33. The monoisotopic (exact) mass is 534 g/mol. The predicted octanol–water partition coefficient (Wildman–Crippen LogP) is 4.06. The SMILES string of the molecule is CCNC(=NCc1nnc2n1CCCC2)NCC(C)(C)c1ccc(F)cc1Cl.I. The second kappa shape index (κ2) is 10.6. The molecule has 0 atom stereocenters. The normalized spacial score (nSPS) is 14.2. The Hall–Kier alpha value is -1.42. The van der Waals surface area contributed by atoms with Crippen LogP contribution in [-0.4, -0.2) is 33.8 Å². The minimum absolute atomic E-state index is 0. The molecule has 160 valence electrons. The van der Waals surface area contributed by atoms with Crippen LogP contribution in [0.1, 0.15) is 50.8 Å². The highest BCUT2D eigenvalue weighted by Crippen LogP contribution is 2.29. The lowest BCUT2D eigenvalue weighted by atomic mass is 9.84. The molecule has 2 aromatic rings. The van der Waals surface area contributed by atoms with Crippen molar-refractivity contribution in [1.29, 1.82) is 0 Å². The van der Waals surface area contributed by atoms with Crippen molar-refractivity contribution >= 4 is 41.5 Å². The maximum Gasteiger partial charge on any atom is 0.191 e. The molecule has 0 bridgehead atoms. The zero-order chi connectivity index (χ0) is 20.1. The molecule has 6 nitrogen and oxygen atoms in total. The quantitative estimate of drug-likeness (QED) is 0.333. The van der Waals surface area contributed by atoms with E-state index in [0.717, 1.165) is 43.1 Å². The number of halogens is 3. The summed E-state index contributed by atoms with van der Waals surface area (Å²) < 4.78 is 15.5. The molecule has 1 aromatic carbocycles. The third kappa shape index (κ3) is 6.04. The molecule has 0 saturated heterocycles. The number of nitrogens with zero attached hydrogens (tertiary/aromatic N) is 4. The molecule has 0 saturated carbocycles. The van der Waals surface area contributed by atoms with Gasteiger partial charge < -0.3 is 15.2 Å². The fourth-order valence-electron chi connectivity index (χ4n) is 3.42. The van der Waals surface area contributed by atoms with Crippen LogP contribution in [0, 0.1) is 5.82 Å². The highest BCUT2D eigenvalue weighted by molar-refractivity contribution is 14.0. The summed E-state index contributed by atoms with van der Waals surface area (Å²) in [4.78, 5) is 4.68. The Morgan fingerprint density at radius 1 is 1.28 bits per heavy atom. The fourth-order valence-corrected chi connectivity index (χ4v) is 3.84. The topological polar surface area (TPSA) is 67.1 Å². The average Bonchev–Trinajstić information content (AvgIpc) is 3.07. The highest BCUT2D eigenvalue weighted by atomic mass is 127. The Kier molecular flexibility index (Phi) is 8.69. The van der Waals surface area contributed by atoms with E-state index in [9.17, 15) is 4.39 Å². The lowest BCUT2D eigenvalue weighted by Crippen LogP contribution is -2.43. The summed E-state index contributed by atoms with van der Waals surface area (Å²) in [7, 11) is 0. The summed E-state index contributed by atoms with van der Waals surface area (Å²) in [5, 5.41) is 15.7. The summed E-state index contributed by atoms with van der Waals surface area (Å²) in [5.41, 5.74) is 0.597. The van der Waals surface area contributed by atoms with Crippen molar-refractivity contribution in [1.82, 2.24) is 25.4 Å². The van der Waals surface area contributed by atoms with E-state index in [1.165, 1.54) is 18.6 Å². The summed E-state index contributed by atoms with van der Waals surface area (Å²) in [6.07, 6.45) is 3.32. The van der Waals surface area contributed by atoms with Crippen LogP contribution in [0.25, 0.3) is 0 Å². The maximum atomic E-state index is 13.4. The van der Waals surface area contributed by atoms with Crippen LogP contribution in [-0.2, 0) is 24.9 Å². The molecule has 1 aromatic heterocycles. The highest BCUT2D eigenvalue weighted by Gasteiger charge is 2.24. The maximum absolute atomic E-state index is 13.4. The van der Waals surface area contributed by atoms with E-state index in [0.29, 0.717) is 24.1 Å². The molecule has 9 heteroatoms. The molecule has 29 heavy (non-hydrogen) atoms. The minimum Gasteiger partial charge on any atom is -0.357 e. The summed E-state index contributed by atoms with van der Waals surface area (Å²) in [5.74, 6) is 2.33. The van der Waals surface area contributed by atoms with E-state index in [1.54, 1.807) is 6.07 Å². The van der Waals surface area contributed by atoms with E-state index in [-0.39, 0.29) is 35.2 Å². The van der Waals surface area contributed by atoms with Gasteiger partial charge in [0.05, 0.1) is 0 Å². The van der Waals surface area contributed by atoms with Crippen LogP contribution in [0.3, 0.4) is 0 Å². The van der Waals surface area contributed by atoms with Gasteiger partial charge in [0.1, 0.15) is 18.2 Å². The van der Waals surface area contributed by atoms with E-state index in [1.807, 2.05) is 6.92 Å². The first-order valence-electron chi connectivity index (χ1n) is 9.79. The zero-order valence-electron chi connectivity index (χ0n) is 17.1. The second-order valence-electron chi connectivity index (χ2n) is 7.70. The number of benzene rings is 1. The third-order valence-electron chi connectivity index (χ3n) is 5.02. The molecule has 0 amide bonds. The minimum atomic E-state index is -0.330. The van der Waals surface area contributed by atoms with Crippen LogP contribution in [0.2, 0.25) is 5.02 Å². The number of fused-ring (bicyclic) bond motifs is 1. The Balaban J connectivity index is 0.00000300. The van der Waals surface area contributed by atoms with Gasteiger partial charge in [0.2, 0.25) is 0 Å². The number of aromatic nitrogens is 3. The molecule has 2 N–H and O–H groups in total. The van der Waals surface area contributed by atoms with Crippen LogP contribution < -0.4 is 10.6 Å². The van der Waals surface area contributed by atoms with Crippen molar-refractivity contribution in [3.05, 3.63) is 46.3 Å². The zero-order valence-corrected chi connectivity index (χ0v) is 20.2. The second-order valence-corrected chi connectivity index (χ2v) is 8.11. The molecule has 0 aliphatic carbocycles. The van der Waals surface area contributed by atoms with E-state index < -0.39 is 0 Å². The first-order chi connectivity index (χ1) is 13.4. The molecular weight excluding hydrogens is 506 g/mol. The van der Waals surface area contributed by atoms with Gasteiger partial charge in [-0.15, -0.1) is 34.2 Å². The van der Waals surface area contributed by atoms with Gasteiger partial charge in [-0.3, -0.25) is 0 Å². The van der Waals surface area contributed by atoms with Gasteiger partial charge in [0.15, 0.2) is 11.8 Å². The van der Waals surface area contributed by atoms with E-state index >= 15 is 0 Å². The van der Waals surface area contributed by atoms with Crippen molar-refractivity contribution < 1.29 is 4.39 Å². The number of guanidine groups is 1. The van der Waals surface area contributed by atoms with Gasteiger partial charge in [0, 0.05) is 36.5 Å². The van der Waals surface area contributed by atoms with E-state index in [2.05, 4.69) is 44.2 Å². The Bertz CT molecular complexity index is 851. The average molecular weight is 535 g/mol. The van der Waals surface area contributed by atoms with Crippen LogP contribution >= 0.6 is 35.6 Å². The van der Waals surface area contributed by atoms with Crippen LogP contribution in [0.4, 0.5) is 4.39 Å². The lowest BCUT2D eigenvalue weighted by molar-refractivity contribution is 0.503. The summed E-state index contributed by atoms with van der Waals surface area (Å²) >= 11 is 6.26. The van der Waals surface area contributed by atoms with Crippen molar-refractivity contribution in [3.8, 4) is 0 Å². The first-order valence-corrected chi connectivity index (χ1v) is 10.2. The number of hydrogen-bond donors (Lipinski definition) is 2. The summed E-state index contributed by atoms with van der Waals surface area (Å²) in [6, 6.07) is 4.54. The predicted molar refractivity (Wildman–Crippen MR) is 126 cm³/mol. The van der Waals surface area contributed by atoms with Gasteiger partial charge in [-0.1, -0.05) is 31.5 Å². The summed E-state index contributed by atoms with van der Waals surface area (Å²) in [6.45, 7) is 8.95. The Labute approximate surface area is 193 Å². The van der Waals surface area contributed by atoms with Gasteiger partial charge in [0.25, 0.3) is 0 Å². The molecule has 1 aliphatic heterocycles. The van der Waals surface area contributed by atoms with Crippen molar-refractivity contribution in [2.75, 3.05) is 13.1 Å². The molecule has 3 rings (SSSR count). The van der Waals surface area contributed by atoms with Gasteiger partial charge in [-0.25, -0.2) is 9.38 Å². The molecule has 0 unspecified atom stereocenters. The fraction of sp³-hybridized carbons (Fsp3) is 0.550. The molecule has 2 heterocycles. The van der Waals surface area contributed by atoms with Gasteiger partial charge in [-0.05, 0) is 37.5 Å². The standard InChI is InChI=1S/C20H28ClFN6.HI/c1-4-23-19(24-12-18-27-26-17-7-5-6-10-28(17)18)25-13-20(2,3)15-9-8-14(22)11-16(15)21;/h8-9,11H,4-7,10,12-13H2,1-3H3,(H2,23,24,25);1H. The number of aliphatic imine (C=N–C) groups is 1. The molecule has 0 spiro atoms. The number of hydrogen-bond acceptors (Lipinski definition) is 3. The largest absolute Gasteiger partial charge is 0.357 e.